The number of rotatable bonds is 10. The maximum Gasteiger partial charge on any atom is 0.225 e. The van der Waals surface area contributed by atoms with Gasteiger partial charge in [-0.2, -0.15) is 0 Å². The van der Waals surface area contributed by atoms with Crippen LogP contribution in [0.25, 0.3) is 11.1 Å². The molecule has 1 saturated carbocycles. The first-order chi connectivity index (χ1) is 18.3. The predicted molar refractivity (Wildman–Crippen MR) is 147 cm³/mol. The molecule has 208 valence electrons. The molecular weight excluding hydrogens is 483 g/mol. The molecule has 0 radical (unpaired) electrons. The number of nitrogens with two attached hydrogens (primary N) is 1. The van der Waals surface area contributed by atoms with Crippen molar-refractivity contribution in [1.29, 1.82) is 0 Å². The van der Waals surface area contributed by atoms with Gasteiger partial charge in [0.15, 0.2) is 0 Å². The van der Waals surface area contributed by atoms with Gasteiger partial charge < -0.3 is 25.2 Å². The average molecular weight is 527 g/mol. The van der Waals surface area contributed by atoms with Gasteiger partial charge in [0.25, 0.3) is 0 Å². The second-order valence-electron chi connectivity index (χ2n) is 11.2. The number of nitrogens with zero attached hydrogens (tertiary/aromatic N) is 1. The predicted octanol–water partition coefficient (Wildman–Crippen LogP) is 5.18. The van der Waals surface area contributed by atoms with Crippen LogP contribution in [0.5, 0.6) is 5.75 Å². The van der Waals surface area contributed by atoms with Crippen molar-refractivity contribution in [3.63, 3.8) is 0 Å². The maximum atomic E-state index is 15.6. The molecule has 6 nitrogen and oxygen atoms in total. The first-order valence-electron chi connectivity index (χ1n) is 14.0. The van der Waals surface area contributed by atoms with Crippen LogP contribution in [0.4, 0.5) is 4.39 Å². The summed E-state index contributed by atoms with van der Waals surface area (Å²) >= 11 is 0. The van der Waals surface area contributed by atoms with E-state index in [0.717, 1.165) is 50.5 Å². The number of amides is 1. The molecule has 7 heteroatoms. The molecule has 3 N–H and O–H groups in total. The van der Waals surface area contributed by atoms with Crippen LogP contribution in [-0.4, -0.2) is 55.9 Å². The summed E-state index contributed by atoms with van der Waals surface area (Å²) in [4.78, 5) is 15.3. The Morgan fingerprint density at radius 1 is 1.18 bits per heavy atom. The summed E-state index contributed by atoms with van der Waals surface area (Å²) in [6.07, 6.45) is 5.97. The molecule has 1 heterocycles. The number of carbonyl (C=O) groups excluding carboxylic acids is 1. The topological polar surface area (TPSA) is 85.0 Å². The number of carbonyl (C=O) groups is 1. The molecule has 38 heavy (non-hydrogen) atoms. The number of benzene rings is 2. The molecule has 2 aliphatic rings. The van der Waals surface area contributed by atoms with E-state index < -0.39 is 5.60 Å². The third-order valence-electron chi connectivity index (χ3n) is 8.44. The van der Waals surface area contributed by atoms with E-state index in [4.69, 9.17) is 15.2 Å². The van der Waals surface area contributed by atoms with Gasteiger partial charge in [-0.3, -0.25) is 4.79 Å². The molecule has 4 rings (SSSR count). The zero-order valence-electron chi connectivity index (χ0n) is 23.0. The smallest absolute Gasteiger partial charge is 0.225 e. The lowest BCUT2D eigenvalue weighted by molar-refractivity contribution is -0.140. The first kappa shape index (κ1) is 28.5. The number of hydrogen-bond acceptors (Lipinski definition) is 5. The Hall–Kier alpha value is -2.48. The van der Waals surface area contributed by atoms with Gasteiger partial charge >= 0.3 is 0 Å². The monoisotopic (exact) mass is 526 g/mol. The highest BCUT2D eigenvalue weighted by Gasteiger charge is 2.44. The van der Waals surface area contributed by atoms with Crippen LogP contribution in [0.1, 0.15) is 62.5 Å². The minimum absolute atomic E-state index is 0.0389. The van der Waals surface area contributed by atoms with E-state index in [2.05, 4.69) is 0 Å². The third kappa shape index (κ3) is 6.22. The number of piperidine rings is 1. The molecule has 2 aromatic rings. The standard InChI is InChI=1S/C31H43FN2O4/c1-21-16-23(19-26(17-21)38-3)29-27(9-6-10-28(29)32)31(36,13-4-5-15-37-2)24-8-7-14-34(20-24)30(35)22-11-12-25(33)18-22/h6,9-10,16-17,19,22,24-25,36H,4-5,7-8,11-15,18,20,33H2,1-3H3/t22-,24?,25+,31+/m1/s1. The average Bonchev–Trinajstić information content (AvgIpc) is 3.36. The van der Waals surface area contributed by atoms with Gasteiger partial charge in [0.2, 0.25) is 5.91 Å². The van der Waals surface area contributed by atoms with Crippen molar-refractivity contribution in [2.75, 3.05) is 33.9 Å². The lowest BCUT2D eigenvalue weighted by Gasteiger charge is -2.44. The molecule has 1 aliphatic carbocycles. The van der Waals surface area contributed by atoms with Gasteiger partial charge in [-0.1, -0.05) is 18.2 Å². The van der Waals surface area contributed by atoms with Crippen molar-refractivity contribution < 1.29 is 23.8 Å². The highest BCUT2D eigenvalue weighted by atomic mass is 19.1. The molecule has 1 amide bonds. The fourth-order valence-corrected chi connectivity index (χ4v) is 6.45. The summed E-state index contributed by atoms with van der Waals surface area (Å²) in [5, 5.41) is 12.6. The van der Waals surface area contributed by atoms with Crippen molar-refractivity contribution >= 4 is 5.91 Å². The fraction of sp³-hybridized carbons (Fsp3) is 0.581. The quantitative estimate of drug-likeness (QED) is 0.417. The number of aryl methyl sites for hydroxylation is 1. The SMILES string of the molecule is COCCCC[C@@](O)(c1cccc(F)c1-c1cc(C)cc(OC)c1)C1CCCN(C(=O)[C@@H]2CC[C@H](N)C2)C1. The first-order valence-corrected chi connectivity index (χ1v) is 14.0. The fourth-order valence-electron chi connectivity index (χ4n) is 6.45. The Kier molecular flexibility index (Phi) is 9.45. The summed E-state index contributed by atoms with van der Waals surface area (Å²) in [6, 6.07) is 10.7. The van der Waals surface area contributed by atoms with Gasteiger partial charge in [0.1, 0.15) is 11.6 Å². The second kappa shape index (κ2) is 12.6. The highest BCUT2D eigenvalue weighted by Crippen LogP contribution is 2.45. The largest absolute Gasteiger partial charge is 0.497 e. The zero-order chi connectivity index (χ0) is 27.3. The van der Waals surface area contributed by atoms with Crippen LogP contribution >= 0.6 is 0 Å². The van der Waals surface area contributed by atoms with Gasteiger partial charge in [-0.15, -0.1) is 0 Å². The number of hydrogen-bond donors (Lipinski definition) is 2. The van der Waals surface area contributed by atoms with E-state index in [1.165, 1.54) is 6.07 Å². The maximum absolute atomic E-state index is 15.6. The van der Waals surface area contributed by atoms with Crippen molar-refractivity contribution in [2.24, 2.45) is 17.6 Å². The molecule has 0 aromatic heterocycles. The molecule has 0 bridgehead atoms. The number of likely N-dealkylation sites (tertiary alicyclic amines) is 1. The lowest BCUT2D eigenvalue weighted by Crippen LogP contribution is -2.49. The van der Waals surface area contributed by atoms with E-state index in [0.29, 0.717) is 48.6 Å². The number of methoxy groups -OCH3 is 2. The zero-order valence-corrected chi connectivity index (χ0v) is 23.0. The van der Waals surface area contributed by atoms with Crippen LogP contribution in [0, 0.1) is 24.6 Å². The van der Waals surface area contributed by atoms with Crippen molar-refractivity contribution in [1.82, 2.24) is 4.90 Å². The van der Waals surface area contributed by atoms with Crippen LogP contribution in [0.2, 0.25) is 0 Å². The van der Waals surface area contributed by atoms with E-state index in [1.54, 1.807) is 20.3 Å². The molecule has 1 aliphatic heterocycles. The van der Waals surface area contributed by atoms with Crippen molar-refractivity contribution in [2.45, 2.75) is 69.9 Å². The molecule has 4 atom stereocenters. The van der Waals surface area contributed by atoms with Crippen molar-refractivity contribution in [3.8, 4) is 16.9 Å². The summed E-state index contributed by atoms with van der Waals surface area (Å²) in [5.41, 5.74) is 7.38. The van der Waals surface area contributed by atoms with Crippen LogP contribution < -0.4 is 10.5 Å². The van der Waals surface area contributed by atoms with E-state index >= 15 is 4.39 Å². The Bertz CT molecular complexity index is 1110. The van der Waals surface area contributed by atoms with Gasteiger partial charge in [-0.25, -0.2) is 4.39 Å². The normalized spacial score (nSPS) is 23.3. The Morgan fingerprint density at radius 3 is 2.71 bits per heavy atom. The van der Waals surface area contributed by atoms with E-state index in [-0.39, 0.29) is 29.6 Å². The summed E-state index contributed by atoms with van der Waals surface area (Å²) in [6.45, 7) is 3.69. The number of ether oxygens (including phenoxy) is 2. The number of aliphatic hydroxyl groups is 1. The molecule has 1 unspecified atom stereocenters. The van der Waals surface area contributed by atoms with Gasteiger partial charge in [-0.05, 0) is 93.2 Å². The lowest BCUT2D eigenvalue weighted by atomic mass is 9.71. The second-order valence-corrected chi connectivity index (χ2v) is 11.2. The summed E-state index contributed by atoms with van der Waals surface area (Å²) < 4.78 is 26.4. The Morgan fingerprint density at radius 2 is 2.00 bits per heavy atom. The molecule has 2 aromatic carbocycles. The summed E-state index contributed by atoms with van der Waals surface area (Å²) in [5.74, 6) is 0.150. The highest BCUT2D eigenvalue weighted by molar-refractivity contribution is 5.79. The minimum Gasteiger partial charge on any atom is -0.497 e. The van der Waals surface area contributed by atoms with Crippen LogP contribution in [0.3, 0.4) is 0 Å². The molecule has 0 spiro atoms. The van der Waals surface area contributed by atoms with Gasteiger partial charge in [0.05, 0.1) is 12.7 Å². The van der Waals surface area contributed by atoms with Crippen molar-refractivity contribution in [3.05, 3.63) is 53.3 Å². The van der Waals surface area contributed by atoms with Crippen LogP contribution in [0.15, 0.2) is 36.4 Å². The molecule has 2 fully saturated rings. The Balaban J connectivity index is 1.72. The minimum atomic E-state index is -1.31. The number of halogens is 1. The van der Waals surface area contributed by atoms with Gasteiger partial charge in [0, 0.05) is 50.2 Å². The molecule has 1 saturated heterocycles. The van der Waals surface area contributed by atoms with E-state index in [1.807, 2.05) is 36.1 Å². The summed E-state index contributed by atoms with van der Waals surface area (Å²) in [7, 11) is 3.26. The van der Waals surface area contributed by atoms with Crippen LogP contribution in [-0.2, 0) is 15.1 Å². The molecular formula is C31H43FN2O4. The number of unbranched alkanes of at least 4 members (excludes halogenated alkanes) is 1. The Labute approximate surface area is 226 Å². The third-order valence-corrected chi connectivity index (χ3v) is 8.44. The van der Waals surface area contributed by atoms with E-state index in [9.17, 15) is 9.90 Å².